The molecule has 0 aromatic carbocycles. The number of rotatable bonds is 4. The number of carbonyl (C=O) groups is 1. The summed E-state index contributed by atoms with van der Waals surface area (Å²) in [5.74, 6) is -0.552. The Morgan fingerprint density at radius 3 is 3.06 bits per heavy atom. The Balaban J connectivity index is 2.31. The van der Waals surface area contributed by atoms with Gasteiger partial charge in [0.1, 0.15) is 0 Å². The van der Waals surface area contributed by atoms with Crippen LogP contribution in [0.5, 0.6) is 0 Å². The Morgan fingerprint density at radius 2 is 2.53 bits per heavy atom. The van der Waals surface area contributed by atoms with Crippen LogP contribution in [-0.2, 0) is 15.1 Å². The summed E-state index contributed by atoms with van der Waals surface area (Å²) < 4.78 is 5.02. The molecule has 0 spiro atoms. The minimum Gasteiger partial charge on any atom is -0.464 e. The van der Waals surface area contributed by atoms with Crippen molar-refractivity contribution >= 4 is 29.1 Å². The molecule has 1 aliphatic rings. The predicted molar refractivity (Wildman–Crippen MR) is 70.0 cm³/mol. The molecule has 5 heteroatoms. The number of carbonyl (C=O) groups excluding carboxylic acids is 1. The largest absolute Gasteiger partial charge is 0.464 e. The average molecular weight is 270 g/mol. The molecule has 0 bridgehead atoms. The molecular formula is C12H14O3S2. The first-order valence-electron chi connectivity index (χ1n) is 5.43. The number of ether oxygens (including phenoxy) is 1. The van der Waals surface area contributed by atoms with Crippen LogP contribution in [0.4, 0.5) is 0 Å². The molecule has 0 radical (unpaired) electrons. The van der Waals surface area contributed by atoms with Crippen molar-refractivity contribution in [2.75, 3.05) is 6.61 Å². The molecule has 2 rings (SSSR count). The summed E-state index contributed by atoms with van der Waals surface area (Å²) in [5.41, 5.74) is -1.53. The van der Waals surface area contributed by atoms with Gasteiger partial charge in [-0.15, -0.1) is 23.1 Å². The standard InChI is InChI=1S/C12H14O3S2/c1-2-15-11(13)12(14,9-5-3-7-16-9)10-6-4-8-17-10/h3-5,7-8,10,14H,2,6H2,1H3. The third-order valence-electron chi connectivity index (χ3n) is 2.64. The molecule has 2 unspecified atom stereocenters. The number of aliphatic hydroxyl groups is 1. The number of hydrogen-bond acceptors (Lipinski definition) is 5. The van der Waals surface area contributed by atoms with Crippen LogP contribution in [0.1, 0.15) is 18.2 Å². The molecule has 2 heterocycles. The Bertz CT molecular complexity index is 405. The van der Waals surface area contributed by atoms with E-state index >= 15 is 0 Å². The van der Waals surface area contributed by atoms with Gasteiger partial charge in [0, 0.05) is 4.88 Å². The maximum Gasteiger partial charge on any atom is 0.344 e. The van der Waals surface area contributed by atoms with Crippen molar-refractivity contribution in [1.82, 2.24) is 0 Å². The minimum absolute atomic E-state index is 0.194. The number of thioether (sulfide) groups is 1. The Hall–Kier alpha value is -0.780. The fourth-order valence-electron chi connectivity index (χ4n) is 1.78. The first-order chi connectivity index (χ1) is 8.19. The Morgan fingerprint density at radius 1 is 1.71 bits per heavy atom. The topological polar surface area (TPSA) is 46.5 Å². The summed E-state index contributed by atoms with van der Waals surface area (Å²) in [6.45, 7) is 2.02. The molecule has 1 aromatic heterocycles. The average Bonchev–Trinajstić information content (AvgIpc) is 3.01. The van der Waals surface area contributed by atoms with Gasteiger partial charge < -0.3 is 9.84 Å². The summed E-state index contributed by atoms with van der Waals surface area (Å²) in [5, 5.41) is 14.3. The van der Waals surface area contributed by atoms with Crippen LogP contribution in [0.15, 0.2) is 29.0 Å². The van der Waals surface area contributed by atoms with E-state index < -0.39 is 11.6 Å². The first-order valence-corrected chi connectivity index (χ1v) is 7.26. The third kappa shape index (κ3) is 2.27. The summed E-state index contributed by atoms with van der Waals surface area (Å²) in [7, 11) is 0. The second kappa shape index (κ2) is 5.25. The van der Waals surface area contributed by atoms with Crippen LogP contribution < -0.4 is 0 Å². The molecule has 0 saturated heterocycles. The molecule has 1 N–H and O–H groups in total. The van der Waals surface area contributed by atoms with Gasteiger partial charge in [-0.2, -0.15) is 0 Å². The van der Waals surface area contributed by atoms with Crippen molar-refractivity contribution in [3.63, 3.8) is 0 Å². The van der Waals surface area contributed by atoms with E-state index in [1.807, 2.05) is 22.9 Å². The van der Waals surface area contributed by atoms with E-state index in [-0.39, 0.29) is 11.9 Å². The van der Waals surface area contributed by atoms with Gasteiger partial charge >= 0.3 is 5.97 Å². The van der Waals surface area contributed by atoms with E-state index in [4.69, 9.17) is 4.74 Å². The molecule has 0 aliphatic carbocycles. The van der Waals surface area contributed by atoms with Gasteiger partial charge in [0.05, 0.1) is 11.9 Å². The van der Waals surface area contributed by atoms with E-state index in [0.29, 0.717) is 11.3 Å². The lowest BCUT2D eigenvalue weighted by atomic mass is 9.95. The second-order valence-electron chi connectivity index (χ2n) is 3.70. The maximum atomic E-state index is 12.0. The fraction of sp³-hybridized carbons (Fsp3) is 0.417. The number of esters is 1. The third-order valence-corrected chi connectivity index (χ3v) is 4.84. The van der Waals surface area contributed by atoms with Gasteiger partial charge in [-0.3, -0.25) is 0 Å². The van der Waals surface area contributed by atoms with Gasteiger partial charge in [0.2, 0.25) is 5.60 Å². The van der Waals surface area contributed by atoms with E-state index in [2.05, 4.69) is 0 Å². The van der Waals surface area contributed by atoms with Crippen LogP contribution in [0.3, 0.4) is 0 Å². The summed E-state index contributed by atoms with van der Waals surface area (Å²) >= 11 is 2.86. The predicted octanol–water partition coefficient (Wildman–Crippen LogP) is 2.52. The summed E-state index contributed by atoms with van der Waals surface area (Å²) in [6.07, 6.45) is 2.64. The van der Waals surface area contributed by atoms with Crippen molar-refractivity contribution in [3.8, 4) is 0 Å². The van der Waals surface area contributed by atoms with E-state index in [9.17, 15) is 9.90 Å². The van der Waals surface area contributed by atoms with Crippen LogP contribution in [-0.4, -0.2) is 22.9 Å². The van der Waals surface area contributed by atoms with Gasteiger partial charge in [-0.05, 0) is 30.2 Å². The second-order valence-corrected chi connectivity index (χ2v) is 5.76. The lowest BCUT2D eigenvalue weighted by molar-refractivity contribution is -0.165. The molecule has 1 aliphatic heterocycles. The lowest BCUT2D eigenvalue weighted by Gasteiger charge is -2.29. The van der Waals surface area contributed by atoms with E-state index in [1.54, 1.807) is 13.0 Å². The SMILES string of the molecule is CCOC(=O)C(O)(c1cccs1)C1CC=CS1. The quantitative estimate of drug-likeness (QED) is 0.854. The van der Waals surface area contributed by atoms with Gasteiger partial charge in [-0.25, -0.2) is 4.79 Å². The smallest absolute Gasteiger partial charge is 0.344 e. The number of allylic oxidation sites excluding steroid dienone is 1. The highest BCUT2D eigenvalue weighted by Crippen LogP contribution is 2.41. The highest BCUT2D eigenvalue weighted by Gasteiger charge is 2.48. The maximum absolute atomic E-state index is 12.0. The van der Waals surface area contributed by atoms with Crippen LogP contribution >= 0.6 is 23.1 Å². The molecule has 1 aromatic rings. The molecule has 17 heavy (non-hydrogen) atoms. The minimum atomic E-state index is -1.53. The monoisotopic (exact) mass is 270 g/mol. The van der Waals surface area contributed by atoms with Crippen molar-refractivity contribution < 1.29 is 14.6 Å². The van der Waals surface area contributed by atoms with E-state index in [0.717, 1.165) is 0 Å². The molecular weight excluding hydrogens is 256 g/mol. The Kier molecular flexibility index (Phi) is 3.91. The molecule has 3 nitrogen and oxygen atoms in total. The molecule has 2 atom stereocenters. The highest BCUT2D eigenvalue weighted by molar-refractivity contribution is 8.03. The molecule has 0 amide bonds. The molecule has 92 valence electrons. The normalized spacial score (nSPS) is 22.4. The van der Waals surface area contributed by atoms with Crippen LogP contribution in [0.25, 0.3) is 0 Å². The fourth-order valence-corrected chi connectivity index (χ4v) is 3.78. The van der Waals surface area contributed by atoms with Crippen molar-refractivity contribution in [2.24, 2.45) is 0 Å². The zero-order chi connectivity index (χ0) is 12.3. The zero-order valence-electron chi connectivity index (χ0n) is 9.46. The summed E-state index contributed by atoms with van der Waals surface area (Å²) in [4.78, 5) is 12.7. The Labute approximate surface area is 108 Å². The van der Waals surface area contributed by atoms with Crippen molar-refractivity contribution in [3.05, 3.63) is 33.9 Å². The number of thiophene rings is 1. The zero-order valence-corrected chi connectivity index (χ0v) is 11.1. The molecule has 0 saturated carbocycles. The lowest BCUT2D eigenvalue weighted by Crippen LogP contribution is -2.44. The van der Waals surface area contributed by atoms with Gasteiger partial charge in [-0.1, -0.05) is 12.1 Å². The van der Waals surface area contributed by atoms with E-state index in [1.165, 1.54) is 23.1 Å². The highest BCUT2D eigenvalue weighted by atomic mass is 32.2. The summed E-state index contributed by atoms with van der Waals surface area (Å²) in [6, 6.07) is 3.61. The molecule has 0 fully saturated rings. The van der Waals surface area contributed by atoms with Crippen LogP contribution in [0.2, 0.25) is 0 Å². The number of hydrogen-bond donors (Lipinski definition) is 1. The first kappa shape index (κ1) is 12.7. The van der Waals surface area contributed by atoms with Crippen molar-refractivity contribution in [2.45, 2.75) is 24.2 Å². The van der Waals surface area contributed by atoms with Gasteiger partial charge in [0.25, 0.3) is 0 Å². The van der Waals surface area contributed by atoms with Crippen LogP contribution in [0, 0.1) is 0 Å². The van der Waals surface area contributed by atoms with Gasteiger partial charge in [0.15, 0.2) is 0 Å². The van der Waals surface area contributed by atoms with Crippen molar-refractivity contribution in [1.29, 1.82) is 0 Å².